The summed E-state index contributed by atoms with van der Waals surface area (Å²) in [5, 5.41) is 5.58. The van der Waals surface area contributed by atoms with E-state index in [1.165, 1.54) is 0 Å². The third kappa shape index (κ3) is 0.857. The molecule has 58 valence electrons. The van der Waals surface area contributed by atoms with E-state index in [4.69, 9.17) is 11.6 Å². The molecular weight excluding hydrogens is 142 g/mol. The summed E-state index contributed by atoms with van der Waals surface area (Å²) < 4.78 is 1.72. The summed E-state index contributed by atoms with van der Waals surface area (Å²) in [5.41, 5.74) is 7.25. The largest absolute Gasteiger partial charge is 0.396 e. The fourth-order valence-electron chi connectivity index (χ4n) is 1.07. The second kappa shape index (κ2) is 2.00. The second-order valence-electron chi connectivity index (χ2n) is 2.46. The molecule has 2 heterocycles. The SMILES string of the molecule is Nc1cnn2c1CN(N)C=C2. The van der Waals surface area contributed by atoms with E-state index in [9.17, 15) is 0 Å². The topological polar surface area (TPSA) is 73.1 Å². The van der Waals surface area contributed by atoms with E-state index in [2.05, 4.69) is 5.10 Å². The number of hydrogen-bond acceptors (Lipinski definition) is 4. The first-order valence-corrected chi connectivity index (χ1v) is 3.29. The Kier molecular flexibility index (Phi) is 1.13. The van der Waals surface area contributed by atoms with E-state index in [-0.39, 0.29) is 0 Å². The minimum Gasteiger partial charge on any atom is -0.396 e. The van der Waals surface area contributed by atoms with Crippen LogP contribution in [0, 0.1) is 0 Å². The molecule has 11 heavy (non-hydrogen) atoms. The zero-order valence-electron chi connectivity index (χ0n) is 5.94. The van der Waals surface area contributed by atoms with E-state index in [1.54, 1.807) is 28.3 Å². The van der Waals surface area contributed by atoms with E-state index >= 15 is 0 Å². The predicted octanol–water partition coefficient (Wildman–Crippen LogP) is -0.417. The monoisotopic (exact) mass is 151 g/mol. The normalized spacial score (nSPS) is 15.2. The van der Waals surface area contributed by atoms with Crippen LogP contribution in [0.4, 0.5) is 5.69 Å². The molecule has 0 atom stereocenters. The average Bonchev–Trinajstić information content (AvgIpc) is 2.33. The number of hydrazine groups is 1. The lowest BCUT2D eigenvalue weighted by Crippen LogP contribution is -2.28. The van der Waals surface area contributed by atoms with Crippen molar-refractivity contribution in [3.05, 3.63) is 18.1 Å². The van der Waals surface area contributed by atoms with Gasteiger partial charge in [-0.05, 0) is 0 Å². The molecule has 0 unspecified atom stereocenters. The van der Waals surface area contributed by atoms with Crippen LogP contribution in [0.5, 0.6) is 0 Å². The molecule has 1 aliphatic heterocycles. The Morgan fingerprint density at radius 3 is 3.09 bits per heavy atom. The van der Waals surface area contributed by atoms with Gasteiger partial charge in [0.15, 0.2) is 0 Å². The Balaban J connectivity index is 2.48. The van der Waals surface area contributed by atoms with Gasteiger partial charge < -0.3 is 10.7 Å². The highest BCUT2D eigenvalue weighted by Crippen LogP contribution is 2.15. The molecule has 0 radical (unpaired) electrons. The van der Waals surface area contributed by atoms with Crippen LogP contribution in [0.25, 0.3) is 6.20 Å². The highest BCUT2D eigenvalue weighted by molar-refractivity contribution is 5.46. The number of fused-ring (bicyclic) bond motifs is 1. The molecule has 0 fully saturated rings. The summed E-state index contributed by atoms with van der Waals surface area (Å²) >= 11 is 0. The third-order valence-corrected chi connectivity index (χ3v) is 1.66. The van der Waals surface area contributed by atoms with Gasteiger partial charge in [-0.25, -0.2) is 10.5 Å². The number of nitrogens with zero attached hydrogens (tertiary/aromatic N) is 3. The summed E-state index contributed by atoms with van der Waals surface area (Å²) in [6.07, 6.45) is 5.15. The molecular formula is C6H9N5. The standard InChI is InChI=1S/C6H9N5/c7-5-3-9-11-2-1-10(8)4-6(5)11/h1-3H,4,7-8H2. The van der Waals surface area contributed by atoms with E-state index in [1.807, 2.05) is 0 Å². The number of aromatic nitrogens is 2. The number of hydrogen-bond donors (Lipinski definition) is 2. The number of nitrogens with two attached hydrogens (primary N) is 2. The van der Waals surface area contributed by atoms with Gasteiger partial charge in [-0.15, -0.1) is 0 Å². The Bertz CT molecular complexity index is 300. The van der Waals surface area contributed by atoms with Crippen molar-refractivity contribution in [2.45, 2.75) is 6.54 Å². The Morgan fingerprint density at radius 2 is 2.27 bits per heavy atom. The molecule has 1 aliphatic rings. The van der Waals surface area contributed by atoms with Gasteiger partial charge in [0, 0.05) is 12.4 Å². The smallest absolute Gasteiger partial charge is 0.0874 e. The van der Waals surface area contributed by atoms with E-state index in [0.29, 0.717) is 12.2 Å². The first kappa shape index (κ1) is 6.23. The van der Waals surface area contributed by atoms with E-state index in [0.717, 1.165) is 5.69 Å². The van der Waals surface area contributed by atoms with Crippen molar-refractivity contribution < 1.29 is 0 Å². The van der Waals surface area contributed by atoms with Crippen molar-refractivity contribution in [1.82, 2.24) is 14.8 Å². The highest BCUT2D eigenvalue weighted by Gasteiger charge is 2.11. The number of rotatable bonds is 0. The first-order valence-electron chi connectivity index (χ1n) is 3.29. The van der Waals surface area contributed by atoms with E-state index < -0.39 is 0 Å². The van der Waals surface area contributed by atoms with Crippen molar-refractivity contribution in [3.8, 4) is 0 Å². The molecule has 0 spiro atoms. The maximum atomic E-state index is 5.62. The average molecular weight is 151 g/mol. The van der Waals surface area contributed by atoms with Crippen molar-refractivity contribution in [3.63, 3.8) is 0 Å². The van der Waals surface area contributed by atoms with Gasteiger partial charge in [-0.2, -0.15) is 5.10 Å². The predicted molar refractivity (Wildman–Crippen MR) is 41.7 cm³/mol. The lowest BCUT2D eigenvalue weighted by atomic mass is 10.3. The third-order valence-electron chi connectivity index (χ3n) is 1.66. The van der Waals surface area contributed by atoms with Crippen LogP contribution in [0.3, 0.4) is 0 Å². The molecule has 0 saturated carbocycles. The lowest BCUT2D eigenvalue weighted by molar-refractivity contribution is 0.369. The van der Waals surface area contributed by atoms with Crippen molar-refractivity contribution >= 4 is 11.9 Å². The maximum absolute atomic E-state index is 5.62. The minimum atomic E-state index is 0.613. The molecule has 0 bridgehead atoms. The van der Waals surface area contributed by atoms with Crippen LogP contribution < -0.4 is 11.6 Å². The molecule has 1 aromatic heterocycles. The Hall–Kier alpha value is -1.49. The van der Waals surface area contributed by atoms with Crippen molar-refractivity contribution in [2.24, 2.45) is 5.84 Å². The zero-order valence-corrected chi connectivity index (χ0v) is 5.94. The summed E-state index contributed by atoms with van der Waals surface area (Å²) in [5.74, 6) is 5.53. The van der Waals surface area contributed by atoms with Gasteiger partial charge in [-0.1, -0.05) is 0 Å². The second-order valence-corrected chi connectivity index (χ2v) is 2.46. The van der Waals surface area contributed by atoms with Gasteiger partial charge in [0.25, 0.3) is 0 Å². The van der Waals surface area contributed by atoms with Gasteiger partial charge in [0.1, 0.15) is 0 Å². The fourth-order valence-corrected chi connectivity index (χ4v) is 1.07. The molecule has 5 nitrogen and oxygen atoms in total. The minimum absolute atomic E-state index is 0.613. The summed E-state index contributed by atoms with van der Waals surface area (Å²) in [7, 11) is 0. The molecule has 0 saturated heterocycles. The fraction of sp³-hybridized carbons (Fsp3) is 0.167. The molecule has 0 aliphatic carbocycles. The molecule has 4 N–H and O–H groups in total. The molecule has 1 aromatic rings. The van der Waals surface area contributed by atoms with Gasteiger partial charge in [0.05, 0.1) is 24.1 Å². The molecule has 0 aromatic carbocycles. The van der Waals surface area contributed by atoms with Gasteiger partial charge in [-0.3, -0.25) is 0 Å². The Morgan fingerprint density at radius 1 is 1.45 bits per heavy atom. The summed E-state index contributed by atoms with van der Waals surface area (Å²) in [6.45, 7) is 0.613. The molecule has 0 amide bonds. The summed E-state index contributed by atoms with van der Waals surface area (Å²) in [6, 6.07) is 0. The van der Waals surface area contributed by atoms with Crippen LogP contribution in [0.2, 0.25) is 0 Å². The van der Waals surface area contributed by atoms with Gasteiger partial charge in [0.2, 0.25) is 0 Å². The zero-order chi connectivity index (χ0) is 7.84. The highest BCUT2D eigenvalue weighted by atomic mass is 15.4. The maximum Gasteiger partial charge on any atom is 0.0874 e. The van der Waals surface area contributed by atoms with Crippen LogP contribution in [-0.2, 0) is 6.54 Å². The van der Waals surface area contributed by atoms with Crippen molar-refractivity contribution in [2.75, 3.05) is 5.73 Å². The summed E-state index contributed by atoms with van der Waals surface area (Å²) in [4.78, 5) is 0. The van der Waals surface area contributed by atoms with Gasteiger partial charge >= 0.3 is 0 Å². The molecule has 5 heteroatoms. The van der Waals surface area contributed by atoms with Crippen LogP contribution in [0.15, 0.2) is 12.4 Å². The lowest BCUT2D eigenvalue weighted by Gasteiger charge is -2.18. The Labute approximate surface area is 63.8 Å². The quantitative estimate of drug-likeness (QED) is 0.494. The number of anilines is 1. The first-order chi connectivity index (χ1) is 5.27. The number of nitrogen functional groups attached to an aromatic ring is 1. The van der Waals surface area contributed by atoms with Crippen molar-refractivity contribution in [1.29, 1.82) is 0 Å². The van der Waals surface area contributed by atoms with Crippen LogP contribution in [-0.4, -0.2) is 14.8 Å². The molecule has 2 rings (SSSR count). The van der Waals surface area contributed by atoms with Crippen LogP contribution >= 0.6 is 0 Å². The van der Waals surface area contributed by atoms with Crippen LogP contribution in [0.1, 0.15) is 5.69 Å².